The molecular weight excluding hydrogens is 320 g/mol. The van der Waals surface area contributed by atoms with Gasteiger partial charge in [-0.2, -0.15) is 0 Å². The minimum atomic E-state index is -0.180. The Bertz CT molecular complexity index is 708. The topological polar surface area (TPSA) is 97.1 Å². The third-order valence-electron chi connectivity index (χ3n) is 4.28. The SMILES string of the molecule is O=C(CCC(=O)NC1CCCC1)NCc1cc(-c2cccnc2)no1. The monoisotopic (exact) mass is 342 g/mol. The van der Waals surface area contributed by atoms with Gasteiger partial charge in [-0.25, -0.2) is 0 Å². The number of nitrogens with one attached hydrogen (secondary N) is 2. The van der Waals surface area contributed by atoms with Crippen LogP contribution in [0.5, 0.6) is 0 Å². The number of nitrogens with zero attached hydrogens (tertiary/aromatic N) is 2. The van der Waals surface area contributed by atoms with Crippen LogP contribution in [0.1, 0.15) is 44.3 Å². The molecule has 1 saturated carbocycles. The molecule has 25 heavy (non-hydrogen) atoms. The van der Waals surface area contributed by atoms with E-state index in [4.69, 9.17) is 4.52 Å². The van der Waals surface area contributed by atoms with Gasteiger partial charge in [0.2, 0.25) is 11.8 Å². The normalized spacial score (nSPS) is 14.4. The largest absolute Gasteiger partial charge is 0.359 e. The number of hydrogen-bond donors (Lipinski definition) is 2. The Morgan fingerprint density at radius 3 is 2.76 bits per heavy atom. The van der Waals surface area contributed by atoms with Crippen LogP contribution in [0, 0.1) is 0 Å². The molecule has 0 bridgehead atoms. The minimum absolute atomic E-state index is 0.0550. The first-order valence-corrected chi connectivity index (χ1v) is 8.63. The van der Waals surface area contributed by atoms with Crippen molar-refractivity contribution in [3.63, 3.8) is 0 Å². The van der Waals surface area contributed by atoms with E-state index in [1.54, 1.807) is 18.5 Å². The highest BCUT2D eigenvalue weighted by Gasteiger charge is 2.17. The van der Waals surface area contributed by atoms with Gasteiger partial charge in [-0.05, 0) is 25.0 Å². The zero-order valence-corrected chi connectivity index (χ0v) is 14.0. The summed E-state index contributed by atoms with van der Waals surface area (Å²) >= 11 is 0. The molecule has 0 spiro atoms. The average Bonchev–Trinajstić information content (AvgIpc) is 3.31. The zero-order valence-electron chi connectivity index (χ0n) is 14.0. The lowest BCUT2D eigenvalue weighted by Gasteiger charge is -2.11. The molecular formula is C18H22N4O3. The van der Waals surface area contributed by atoms with Gasteiger partial charge in [0, 0.05) is 42.9 Å². The Morgan fingerprint density at radius 2 is 2.00 bits per heavy atom. The molecule has 7 nitrogen and oxygen atoms in total. The first kappa shape index (κ1) is 17.1. The molecule has 1 fully saturated rings. The summed E-state index contributed by atoms with van der Waals surface area (Å²) in [4.78, 5) is 27.7. The Balaban J connectivity index is 1.39. The summed E-state index contributed by atoms with van der Waals surface area (Å²) in [5.41, 5.74) is 1.53. The zero-order chi connectivity index (χ0) is 17.5. The van der Waals surface area contributed by atoms with Gasteiger partial charge in [-0.1, -0.05) is 18.0 Å². The summed E-state index contributed by atoms with van der Waals surface area (Å²) < 4.78 is 5.21. The molecule has 0 radical (unpaired) electrons. The summed E-state index contributed by atoms with van der Waals surface area (Å²) in [7, 11) is 0. The summed E-state index contributed by atoms with van der Waals surface area (Å²) in [5, 5.41) is 9.69. The van der Waals surface area contributed by atoms with Crippen molar-refractivity contribution in [2.45, 2.75) is 51.1 Å². The molecule has 2 aromatic heterocycles. The number of amides is 2. The van der Waals surface area contributed by atoms with Crippen LogP contribution in [0.4, 0.5) is 0 Å². The quantitative estimate of drug-likeness (QED) is 0.804. The lowest BCUT2D eigenvalue weighted by molar-refractivity contribution is -0.126. The van der Waals surface area contributed by atoms with Crippen molar-refractivity contribution >= 4 is 11.8 Å². The van der Waals surface area contributed by atoms with E-state index in [9.17, 15) is 9.59 Å². The van der Waals surface area contributed by atoms with E-state index < -0.39 is 0 Å². The Morgan fingerprint density at radius 1 is 1.20 bits per heavy atom. The van der Waals surface area contributed by atoms with E-state index in [1.165, 1.54) is 12.8 Å². The molecule has 0 aromatic carbocycles. The average molecular weight is 342 g/mol. The molecule has 0 aliphatic heterocycles. The van der Waals surface area contributed by atoms with Gasteiger partial charge < -0.3 is 15.2 Å². The van der Waals surface area contributed by atoms with Crippen LogP contribution in [0.3, 0.4) is 0 Å². The van der Waals surface area contributed by atoms with Crippen molar-refractivity contribution in [2.75, 3.05) is 0 Å². The Kier molecular flexibility index (Phi) is 5.77. The molecule has 2 heterocycles. The van der Waals surface area contributed by atoms with Crippen molar-refractivity contribution < 1.29 is 14.1 Å². The highest BCUT2D eigenvalue weighted by atomic mass is 16.5. The predicted molar refractivity (Wildman–Crippen MR) is 91.2 cm³/mol. The third-order valence-corrected chi connectivity index (χ3v) is 4.28. The molecule has 2 amide bonds. The van der Waals surface area contributed by atoms with Gasteiger partial charge in [0.1, 0.15) is 5.69 Å². The molecule has 3 rings (SSSR count). The van der Waals surface area contributed by atoms with Crippen LogP contribution in [0.25, 0.3) is 11.3 Å². The molecule has 0 atom stereocenters. The molecule has 1 aliphatic rings. The second kappa shape index (κ2) is 8.41. The Labute approximate surface area is 146 Å². The maximum atomic E-state index is 11.9. The van der Waals surface area contributed by atoms with Gasteiger partial charge in [0.15, 0.2) is 5.76 Å². The summed E-state index contributed by atoms with van der Waals surface area (Å²) in [5.74, 6) is 0.323. The molecule has 7 heteroatoms. The molecule has 0 unspecified atom stereocenters. The lowest BCUT2D eigenvalue weighted by atomic mass is 10.2. The fourth-order valence-corrected chi connectivity index (χ4v) is 2.92. The number of rotatable bonds is 7. The van der Waals surface area contributed by atoms with E-state index >= 15 is 0 Å². The maximum absolute atomic E-state index is 11.9. The van der Waals surface area contributed by atoms with E-state index in [0.29, 0.717) is 11.5 Å². The summed E-state index contributed by atoms with van der Waals surface area (Å²) in [6.45, 7) is 0.246. The highest BCUT2D eigenvalue weighted by molar-refractivity contribution is 5.83. The van der Waals surface area contributed by atoms with Gasteiger partial charge in [-0.3, -0.25) is 14.6 Å². The smallest absolute Gasteiger partial charge is 0.220 e. The van der Waals surface area contributed by atoms with Crippen LogP contribution in [-0.2, 0) is 16.1 Å². The molecule has 0 saturated heterocycles. The van der Waals surface area contributed by atoms with Crippen LogP contribution in [0.15, 0.2) is 35.1 Å². The van der Waals surface area contributed by atoms with Crippen molar-refractivity contribution in [2.24, 2.45) is 0 Å². The van der Waals surface area contributed by atoms with E-state index in [1.807, 2.05) is 12.1 Å². The second-order valence-electron chi connectivity index (χ2n) is 6.25. The highest BCUT2D eigenvalue weighted by Crippen LogP contribution is 2.18. The fourth-order valence-electron chi connectivity index (χ4n) is 2.92. The third kappa shape index (κ3) is 5.14. The Hall–Kier alpha value is -2.70. The summed E-state index contributed by atoms with van der Waals surface area (Å²) in [6.07, 6.45) is 8.19. The van der Waals surface area contributed by atoms with Gasteiger partial charge in [0.25, 0.3) is 0 Å². The van der Waals surface area contributed by atoms with Crippen molar-refractivity contribution in [3.05, 3.63) is 36.4 Å². The number of hydrogen-bond acceptors (Lipinski definition) is 5. The van der Waals surface area contributed by atoms with Crippen LogP contribution in [-0.4, -0.2) is 28.0 Å². The number of carbonyl (C=O) groups is 2. The first-order valence-electron chi connectivity index (χ1n) is 8.63. The first-order chi connectivity index (χ1) is 12.2. The standard InChI is InChI=1S/C18H22N4O3/c23-17(7-8-18(24)21-14-5-1-2-6-14)20-12-15-10-16(22-25-15)13-4-3-9-19-11-13/h3-4,9-11,14H,1-2,5-8,12H2,(H,20,23)(H,21,24). The van der Waals surface area contributed by atoms with Gasteiger partial charge in [0.05, 0.1) is 6.54 Å². The fraction of sp³-hybridized carbons (Fsp3) is 0.444. The predicted octanol–water partition coefficient (Wildman–Crippen LogP) is 2.19. The van der Waals surface area contributed by atoms with Gasteiger partial charge in [-0.15, -0.1) is 0 Å². The summed E-state index contributed by atoms with van der Waals surface area (Å²) in [6, 6.07) is 5.76. The second-order valence-corrected chi connectivity index (χ2v) is 6.25. The number of aromatic nitrogens is 2. The van der Waals surface area contributed by atoms with Crippen LogP contribution < -0.4 is 10.6 Å². The van der Waals surface area contributed by atoms with Crippen molar-refractivity contribution in [3.8, 4) is 11.3 Å². The van der Waals surface area contributed by atoms with Crippen molar-refractivity contribution in [1.29, 1.82) is 0 Å². The van der Waals surface area contributed by atoms with Crippen molar-refractivity contribution in [1.82, 2.24) is 20.8 Å². The van der Waals surface area contributed by atoms with E-state index in [2.05, 4.69) is 20.8 Å². The number of pyridine rings is 1. The molecule has 2 aromatic rings. The molecule has 1 aliphatic carbocycles. The van der Waals surface area contributed by atoms with E-state index in [-0.39, 0.29) is 37.2 Å². The van der Waals surface area contributed by atoms with E-state index in [0.717, 1.165) is 18.4 Å². The lowest BCUT2D eigenvalue weighted by Crippen LogP contribution is -2.33. The van der Waals surface area contributed by atoms with Gasteiger partial charge >= 0.3 is 0 Å². The molecule has 132 valence electrons. The van der Waals surface area contributed by atoms with Crippen LogP contribution in [0.2, 0.25) is 0 Å². The maximum Gasteiger partial charge on any atom is 0.220 e. The number of carbonyl (C=O) groups excluding carboxylic acids is 2. The van der Waals surface area contributed by atoms with Crippen LogP contribution >= 0.6 is 0 Å². The minimum Gasteiger partial charge on any atom is -0.359 e. The molecule has 2 N–H and O–H groups in total.